The molecular weight excluding hydrogens is 300 g/mol. The number of ether oxygens (including phenoxy) is 3. The molecule has 0 heterocycles. The van der Waals surface area contributed by atoms with Gasteiger partial charge in [-0.1, -0.05) is 25.3 Å². The fraction of sp³-hybridized carbons (Fsp3) is 0.714. The summed E-state index contributed by atoms with van der Waals surface area (Å²) in [5, 5.41) is 0. The van der Waals surface area contributed by atoms with Crippen molar-refractivity contribution in [2.45, 2.75) is 76.9 Å². The predicted molar refractivity (Wildman–Crippen MR) is 96.8 cm³/mol. The zero-order chi connectivity index (χ0) is 16.8. The van der Waals surface area contributed by atoms with Crippen molar-refractivity contribution in [1.82, 2.24) is 0 Å². The Kier molecular flexibility index (Phi) is 6.42. The smallest absolute Gasteiger partial charge is 0.161 e. The van der Waals surface area contributed by atoms with E-state index < -0.39 is 0 Å². The molecule has 1 unspecified atom stereocenters. The molecular formula is C21H32O3. The summed E-state index contributed by atoms with van der Waals surface area (Å²) in [7, 11) is 1.71. The van der Waals surface area contributed by atoms with E-state index in [0.717, 1.165) is 36.9 Å². The Bertz CT molecular complexity index is 502. The van der Waals surface area contributed by atoms with E-state index in [9.17, 15) is 0 Å². The standard InChI is InChI=1S/C21H32O3/c1-16(23-15-17-8-4-3-5-9-17)18-12-13-20(22-2)21(14-18)24-19-10-6-7-11-19/h12-14,16-17,19H,3-11,15H2,1-2H3. The van der Waals surface area contributed by atoms with Crippen molar-refractivity contribution in [3.05, 3.63) is 23.8 Å². The van der Waals surface area contributed by atoms with Crippen LogP contribution in [0.5, 0.6) is 11.5 Å². The van der Waals surface area contributed by atoms with Gasteiger partial charge in [-0.25, -0.2) is 0 Å². The number of hydrogen-bond acceptors (Lipinski definition) is 3. The van der Waals surface area contributed by atoms with Crippen molar-refractivity contribution in [3.63, 3.8) is 0 Å². The second-order valence-corrected chi connectivity index (χ2v) is 7.41. The predicted octanol–water partition coefficient (Wildman–Crippen LogP) is 5.67. The van der Waals surface area contributed by atoms with Gasteiger partial charge in [0.1, 0.15) is 0 Å². The summed E-state index contributed by atoms with van der Waals surface area (Å²) >= 11 is 0. The fourth-order valence-electron chi connectivity index (χ4n) is 3.95. The molecule has 2 saturated carbocycles. The lowest BCUT2D eigenvalue weighted by molar-refractivity contribution is 0.0300. The quantitative estimate of drug-likeness (QED) is 0.643. The first kappa shape index (κ1) is 17.6. The third-order valence-corrected chi connectivity index (χ3v) is 5.56. The highest BCUT2D eigenvalue weighted by Gasteiger charge is 2.20. The molecule has 3 nitrogen and oxygen atoms in total. The van der Waals surface area contributed by atoms with Crippen molar-refractivity contribution < 1.29 is 14.2 Å². The Labute approximate surface area is 146 Å². The molecule has 134 valence electrons. The lowest BCUT2D eigenvalue weighted by Crippen LogP contribution is -2.15. The molecule has 0 radical (unpaired) electrons. The van der Waals surface area contributed by atoms with Crippen LogP contribution in [0.1, 0.15) is 76.4 Å². The SMILES string of the molecule is COc1ccc(C(C)OCC2CCCCC2)cc1OC1CCCC1. The summed E-state index contributed by atoms with van der Waals surface area (Å²) in [4.78, 5) is 0. The lowest BCUT2D eigenvalue weighted by Gasteiger charge is -2.24. The Hall–Kier alpha value is -1.22. The van der Waals surface area contributed by atoms with Crippen molar-refractivity contribution in [3.8, 4) is 11.5 Å². The molecule has 1 aromatic rings. The van der Waals surface area contributed by atoms with Crippen LogP contribution in [0.3, 0.4) is 0 Å². The number of methoxy groups -OCH3 is 1. The van der Waals surface area contributed by atoms with Gasteiger partial charge in [-0.15, -0.1) is 0 Å². The maximum Gasteiger partial charge on any atom is 0.161 e. The minimum Gasteiger partial charge on any atom is -0.493 e. The average molecular weight is 332 g/mol. The number of benzene rings is 1. The van der Waals surface area contributed by atoms with Gasteiger partial charge in [-0.05, 0) is 69.1 Å². The number of rotatable bonds is 7. The van der Waals surface area contributed by atoms with Crippen LogP contribution in [0.4, 0.5) is 0 Å². The third kappa shape index (κ3) is 4.66. The summed E-state index contributed by atoms with van der Waals surface area (Å²) in [5.74, 6) is 2.44. The molecule has 0 saturated heterocycles. The molecule has 3 heteroatoms. The molecule has 2 fully saturated rings. The normalized spacial score (nSPS) is 20.9. The Morgan fingerprint density at radius 1 is 0.958 bits per heavy atom. The van der Waals surface area contributed by atoms with Gasteiger partial charge in [0.25, 0.3) is 0 Å². The van der Waals surface area contributed by atoms with Crippen LogP contribution in [0.25, 0.3) is 0 Å². The molecule has 0 spiro atoms. The maximum atomic E-state index is 6.20. The third-order valence-electron chi connectivity index (χ3n) is 5.56. The Balaban J connectivity index is 1.60. The average Bonchev–Trinajstić information content (AvgIpc) is 3.13. The van der Waals surface area contributed by atoms with Crippen LogP contribution < -0.4 is 9.47 Å². The van der Waals surface area contributed by atoms with Gasteiger partial charge in [-0.2, -0.15) is 0 Å². The monoisotopic (exact) mass is 332 g/mol. The summed E-state index contributed by atoms with van der Waals surface area (Å²) in [5.41, 5.74) is 1.18. The van der Waals surface area contributed by atoms with Crippen LogP contribution in [0.2, 0.25) is 0 Å². The van der Waals surface area contributed by atoms with Gasteiger partial charge in [0.05, 0.1) is 25.9 Å². The molecule has 3 rings (SSSR count). The first-order valence-electron chi connectivity index (χ1n) is 9.72. The molecule has 1 aromatic carbocycles. The largest absolute Gasteiger partial charge is 0.493 e. The fourth-order valence-corrected chi connectivity index (χ4v) is 3.95. The molecule has 0 aliphatic heterocycles. The van der Waals surface area contributed by atoms with Gasteiger partial charge < -0.3 is 14.2 Å². The molecule has 2 aliphatic carbocycles. The zero-order valence-electron chi connectivity index (χ0n) is 15.3. The first-order valence-corrected chi connectivity index (χ1v) is 9.72. The second-order valence-electron chi connectivity index (χ2n) is 7.41. The molecule has 0 aromatic heterocycles. The molecule has 2 aliphatic rings. The van der Waals surface area contributed by atoms with Crippen molar-refractivity contribution in [2.24, 2.45) is 5.92 Å². The van der Waals surface area contributed by atoms with Crippen LogP contribution >= 0.6 is 0 Å². The molecule has 0 bridgehead atoms. The van der Waals surface area contributed by atoms with Crippen LogP contribution in [0.15, 0.2) is 18.2 Å². The summed E-state index contributed by atoms with van der Waals surface area (Å²) in [6.45, 7) is 3.02. The molecule has 1 atom stereocenters. The second kappa shape index (κ2) is 8.75. The highest BCUT2D eigenvalue weighted by Crippen LogP contribution is 2.35. The summed E-state index contributed by atoms with van der Waals surface area (Å²) in [6.07, 6.45) is 12.1. The van der Waals surface area contributed by atoms with E-state index in [4.69, 9.17) is 14.2 Å². The van der Waals surface area contributed by atoms with Crippen LogP contribution in [0, 0.1) is 5.92 Å². The first-order chi connectivity index (χ1) is 11.8. The number of hydrogen-bond donors (Lipinski definition) is 0. The van der Waals surface area contributed by atoms with E-state index >= 15 is 0 Å². The summed E-state index contributed by atoms with van der Waals surface area (Å²) in [6, 6.07) is 6.23. The van der Waals surface area contributed by atoms with Crippen molar-refractivity contribution >= 4 is 0 Å². The zero-order valence-corrected chi connectivity index (χ0v) is 15.3. The Morgan fingerprint density at radius 3 is 2.38 bits per heavy atom. The van der Waals surface area contributed by atoms with E-state index in [2.05, 4.69) is 19.1 Å². The maximum absolute atomic E-state index is 6.20. The highest BCUT2D eigenvalue weighted by atomic mass is 16.5. The van der Waals surface area contributed by atoms with Crippen molar-refractivity contribution in [1.29, 1.82) is 0 Å². The topological polar surface area (TPSA) is 27.7 Å². The van der Waals surface area contributed by atoms with E-state index in [1.54, 1.807) is 7.11 Å². The van der Waals surface area contributed by atoms with Crippen LogP contribution in [-0.2, 0) is 4.74 Å². The Morgan fingerprint density at radius 2 is 1.67 bits per heavy atom. The van der Waals surface area contributed by atoms with Crippen LogP contribution in [-0.4, -0.2) is 19.8 Å². The minimum atomic E-state index is 0.101. The molecule has 0 N–H and O–H groups in total. The molecule has 0 amide bonds. The van der Waals surface area contributed by atoms with E-state index in [1.807, 2.05) is 6.07 Å². The van der Waals surface area contributed by atoms with E-state index in [1.165, 1.54) is 50.5 Å². The summed E-state index contributed by atoms with van der Waals surface area (Å²) < 4.78 is 17.9. The van der Waals surface area contributed by atoms with Crippen molar-refractivity contribution in [2.75, 3.05) is 13.7 Å². The van der Waals surface area contributed by atoms with E-state index in [-0.39, 0.29) is 6.10 Å². The van der Waals surface area contributed by atoms with Gasteiger partial charge in [-0.3, -0.25) is 0 Å². The van der Waals surface area contributed by atoms with Gasteiger partial charge >= 0.3 is 0 Å². The van der Waals surface area contributed by atoms with E-state index in [0.29, 0.717) is 6.10 Å². The minimum absolute atomic E-state index is 0.101. The highest BCUT2D eigenvalue weighted by molar-refractivity contribution is 5.43. The van der Waals surface area contributed by atoms with Gasteiger partial charge in [0, 0.05) is 0 Å². The molecule has 24 heavy (non-hydrogen) atoms. The van der Waals surface area contributed by atoms with Gasteiger partial charge in [0.15, 0.2) is 11.5 Å². The lowest BCUT2D eigenvalue weighted by atomic mass is 9.90. The van der Waals surface area contributed by atoms with Gasteiger partial charge in [0.2, 0.25) is 0 Å².